The molecule has 0 aromatic heterocycles. The van der Waals surface area contributed by atoms with Gasteiger partial charge in [-0.15, -0.1) is 0 Å². The first-order valence-corrected chi connectivity index (χ1v) is 8.54. The lowest BCUT2D eigenvalue weighted by atomic mass is 9.93. The number of aromatic hydroxyl groups is 4. The molecule has 10 nitrogen and oxygen atoms in total. The SMILES string of the molecule is O=S(=O)(O)Oc1c(O)cc(C2Oc3cc(O)cc(O)c3CC2O)cc1O. The average Bonchev–Trinajstić information content (AvgIpc) is 2.50. The minimum Gasteiger partial charge on any atom is -0.508 e. The summed E-state index contributed by atoms with van der Waals surface area (Å²) < 4.78 is 39.8. The van der Waals surface area contributed by atoms with Gasteiger partial charge in [-0.25, -0.2) is 0 Å². The highest BCUT2D eigenvalue weighted by molar-refractivity contribution is 7.81. The van der Waals surface area contributed by atoms with Crippen molar-refractivity contribution in [1.29, 1.82) is 0 Å². The molecule has 1 aliphatic heterocycles. The first-order valence-electron chi connectivity index (χ1n) is 7.17. The number of hydrogen-bond donors (Lipinski definition) is 6. The lowest BCUT2D eigenvalue weighted by molar-refractivity contribution is 0.0196. The summed E-state index contributed by atoms with van der Waals surface area (Å²) in [7, 11) is -4.98. The molecule has 26 heavy (non-hydrogen) atoms. The normalized spacial score (nSPS) is 19.5. The number of aliphatic hydroxyl groups excluding tert-OH is 1. The van der Waals surface area contributed by atoms with Gasteiger partial charge in [-0.2, -0.15) is 8.42 Å². The largest absolute Gasteiger partial charge is 0.508 e. The van der Waals surface area contributed by atoms with Crippen LogP contribution in [-0.4, -0.2) is 44.6 Å². The van der Waals surface area contributed by atoms with Gasteiger partial charge in [-0.3, -0.25) is 4.55 Å². The van der Waals surface area contributed by atoms with Crippen LogP contribution in [0.25, 0.3) is 0 Å². The Kier molecular flexibility index (Phi) is 4.22. The molecule has 2 atom stereocenters. The Morgan fingerprint density at radius 3 is 2.19 bits per heavy atom. The van der Waals surface area contributed by atoms with E-state index in [1.54, 1.807) is 0 Å². The fourth-order valence-electron chi connectivity index (χ4n) is 2.72. The molecule has 1 aliphatic rings. The molecule has 1 heterocycles. The van der Waals surface area contributed by atoms with Crippen LogP contribution >= 0.6 is 0 Å². The third-order valence-corrected chi connectivity index (χ3v) is 4.15. The van der Waals surface area contributed by atoms with Crippen molar-refractivity contribution in [3.8, 4) is 34.5 Å². The molecule has 0 saturated carbocycles. The summed E-state index contributed by atoms with van der Waals surface area (Å²) in [4.78, 5) is 0. The highest BCUT2D eigenvalue weighted by Crippen LogP contribution is 2.45. The van der Waals surface area contributed by atoms with Crippen LogP contribution in [0.1, 0.15) is 17.2 Å². The van der Waals surface area contributed by atoms with Crippen molar-refractivity contribution in [3.63, 3.8) is 0 Å². The molecule has 3 rings (SSSR count). The Morgan fingerprint density at radius 1 is 1.00 bits per heavy atom. The summed E-state index contributed by atoms with van der Waals surface area (Å²) in [6, 6.07) is 4.27. The molecular weight excluding hydrogens is 372 g/mol. The van der Waals surface area contributed by atoms with Gasteiger partial charge in [0.05, 0.1) is 6.10 Å². The lowest BCUT2D eigenvalue weighted by Gasteiger charge is -2.31. The zero-order valence-electron chi connectivity index (χ0n) is 12.9. The van der Waals surface area contributed by atoms with Crippen molar-refractivity contribution in [1.82, 2.24) is 0 Å². The molecule has 0 radical (unpaired) electrons. The van der Waals surface area contributed by atoms with Crippen LogP contribution in [0.4, 0.5) is 0 Å². The molecule has 2 unspecified atom stereocenters. The van der Waals surface area contributed by atoms with E-state index in [1.807, 2.05) is 0 Å². The van der Waals surface area contributed by atoms with Gasteiger partial charge >= 0.3 is 10.4 Å². The fraction of sp³-hybridized carbons (Fsp3) is 0.200. The first-order chi connectivity index (χ1) is 12.0. The zero-order valence-corrected chi connectivity index (χ0v) is 13.7. The van der Waals surface area contributed by atoms with Crippen molar-refractivity contribution >= 4 is 10.4 Å². The van der Waals surface area contributed by atoms with E-state index >= 15 is 0 Å². The van der Waals surface area contributed by atoms with Gasteiger partial charge in [0, 0.05) is 29.7 Å². The van der Waals surface area contributed by atoms with Crippen LogP contribution in [0.2, 0.25) is 0 Å². The molecule has 0 amide bonds. The van der Waals surface area contributed by atoms with E-state index in [0.29, 0.717) is 0 Å². The molecule has 11 heteroatoms. The quantitative estimate of drug-likeness (QED) is 0.413. The van der Waals surface area contributed by atoms with E-state index in [4.69, 9.17) is 9.29 Å². The highest BCUT2D eigenvalue weighted by Gasteiger charge is 2.33. The topological polar surface area (TPSA) is 174 Å². The molecule has 0 saturated heterocycles. The Hall–Kier alpha value is -2.89. The number of hydrogen-bond acceptors (Lipinski definition) is 9. The fourth-order valence-corrected chi connectivity index (χ4v) is 3.10. The van der Waals surface area contributed by atoms with Gasteiger partial charge in [0.15, 0.2) is 17.6 Å². The molecule has 140 valence electrons. The molecule has 0 fully saturated rings. The van der Waals surface area contributed by atoms with Crippen LogP contribution in [0.3, 0.4) is 0 Å². The van der Waals surface area contributed by atoms with Crippen LogP contribution in [0.5, 0.6) is 34.5 Å². The maximum atomic E-state index is 10.7. The maximum Gasteiger partial charge on any atom is 0.446 e. The number of phenolic OH excluding ortho intramolecular Hbond substituents is 4. The summed E-state index contributed by atoms with van der Waals surface area (Å²) in [6.07, 6.45) is -2.35. The minimum atomic E-state index is -4.98. The van der Waals surface area contributed by atoms with Gasteiger partial charge in [0.2, 0.25) is 5.75 Å². The van der Waals surface area contributed by atoms with Crippen LogP contribution in [0, 0.1) is 0 Å². The number of benzene rings is 2. The van der Waals surface area contributed by atoms with Crippen LogP contribution in [0.15, 0.2) is 24.3 Å². The van der Waals surface area contributed by atoms with Crippen molar-refractivity contribution < 1.29 is 47.4 Å². The predicted molar refractivity (Wildman–Crippen MR) is 84.8 cm³/mol. The summed E-state index contributed by atoms with van der Waals surface area (Å²) in [5.41, 5.74) is 0.329. The molecule has 0 spiro atoms. The number of ether oxygens (including phenoxy) is 1. The van der Waals surface area contributed by atoms with E-state index in [2.05, 4.69) is 4.18 Å². The Labute approximate surface area is 147 Å². The number of fused-ring (bicyclic) bond motifs is 1. The summed E-state index contributed by atoms with van der Waals surface area (Å²) >= 11 is 0. The van der Waals surface area contributed by atoms with Gasteiger partial charge in [-0.05, 0) is 12.1 Å². The number of phenols is 4. The molecule has 2 aromatic rings. The van der Waals surface area contributed by atoms with Gasteiger partial charge in [0.25, 0.3) is 0 Å². The molecule has 2 aromatic carbocycles. The summed E-state index contributed by atoms with van der Waals surface area (Å²) in [5.74, 6) is -2.97. The van der Waals surface area contributed by atoms with Crippen molar-refractivity contribution in [2.24, 2.45) is 0 Å². The number of rotatable bonds is 3. The maximum absolute atomic E-state index is 10.7. The minimum absolute atomic E-state index is 0.0447. The summed E-state index contributed by atoms with van der Waals surface area (Å²) in [6.45, 7) is 0. The molecule has 0 bridgehead atoms. The second kappa shape index (κ2) is 6.12. The van der Waals surface area contributed by atoms with Gasteiger partial charge in [-0.1, -0.05) is 0 Å². The highest BCUT2D eigenvalue weighted by atomic mass is 32.3. The van der Waals surface area contributed by atoms with Crippen LogP contribution < -0.4 is 8.92 Å². The van der Waals surface area contributed by atoms with E-state index < -0.39 is 39.9 Å². The molecule has 6 N–H and O–H groups in total. The van der Waals surface area contributed by atoms with E-state index in [0.717, 1.165) is 18.2 Å². The monoisotopic (exact) mass is 386 g/mol. The number of aliphatic hydroxyl groups is 1. The third kappa shape index (κ3) is 3.40. The van der Waals surface area contributed by atoms with Crippen LogP contribution in [-0.2, 0) is 16.8 Å². The van der Waals surface area contributed by atoms with E-state index in [9.17, 15) is 34.0 Å². The Morgan fingerprint density at radius 2 is 1.62 bits per heavy atom. The van der Waals surface area contributed by atoms with Crippen molar-refractivity contribution in [2.45, 2.75) is 18.6 Å². The van der Waals surface area contributed by atoms with E-state index in [-0.39, 0.29) is 34.8 Å². The average molecular weight is 386 g/mol. The first kappa shape index (κ1) is 17.9. The predicted octanol–water partition coefficient (Wildman–Crippen LogP) is 0.728. The van der Waals surface area contributed by atoms with Crippen molar-refractivity contribution in [3.05, 3.63) is 35.4 Å². The second-order valence-electron chi connectivity index (χ2n) is 5.65. The molecule has 0 aliphatic carbocycles. The van der Waals surface area contributed by atoms with Gasteiger partial charge < -0.3 is 34.5 Å². The van der Waals surface area contributed by atoms with Gasteiger partial charge in [0.1, 0.15) is 17.2 Å². The Bertz CT molecular complexity index is 946. The zero-order chi connectivity index (χ0) is 19.2. The lowest BCUT2D eigenvalue weighted by Crippen LogP contribution is -2.30. The van der Waals surface area contributed by atoms with Crippen molar-refractivity contribution in [2.75, 3.05) is 0 Å². The molecular formula is C15H14O10S. The third-order valence-electron chi connectivity index (χ3n) is 3.78. The Balaban J connectivity index is 1.99. The smallest absolute Gasteiger partial charge is 0.446 e. The second-order valence-corrected chi connectivity index (χ2v) is 6.67. The standard InChI is InChI=1S/C15H14O10S/c16-7-3-9(17)8-5-12(20)14(24-13(8)4-7)6-1-10(18)15(11(19)2-6)25-26(21,22)23/h1-4,12,14,16-20H,5H2,(H,21,22,23). The van der Waals surface area contributed by atoms with E-state index in [1.165, 1.54) is 6.07 Å². The summed E-state index contributed by atoms with van der Waals surface area (Å²) in [5, 5.41) is 49.3.